The van der Waals surface area contributed by atoms with Crippen molar-refractivity contribution >= 4 is 23.2 Å². The highest BCUT2D eigenvalue weighted by atomic mass is 32.1. The van der Waals surface area contributed by atoms with Gasteiger partial charge in [-0.05, 0) is 62.0 Å². The first kappa shape index (κ1) is 13.6. The minimum absolute atomic E-state index is 0.0782. The van der Waals surface area contributed by atoms with Crippen molar-refractivity contribution in [3.05, 3.63) is 21.9 Å². The average Bonchev–Trinajstić information content (AvgIpc) is 3.16. The number of carbonyl (C=O) groups excluding carboxylic acids is 1. The summed E-state index contributed by atoms with van der Waals surface area (Å²) in [6.07, 6.45) is 4.62. The smallest absolute Gasteiger partial charge is 0.329 e. The van der Waals surface area contributed by atoms with Gasteiger partial charge in [0.2, 0.25) is 5.91 Å². The van der Waals surface area contributed by atoms with E-state index in [2.05, 4.69) is 5.32 Å². The minimum Gasteiger partial charge on any atom is -0.480 e. The molecule has 0 saturated heterocycles. The molecule has 3 rings (SSSR count). The molecule has 2 unspecified atom stereocenters. The largest absolute Gasteiger partial charge is 0.480 e. The van der Waals surface area contributed by atoms with Crippen LogP contribution in [0.3, 0.4) is 0 Å². The lowest BCUT2D eigenvalue weighted by Gasteiger charge is -2.30. The molecule has 2 aliphatic carbocycles. The molecular formula is C15H19NO3S. The maximum Gasteiger partial charge on any atom is 0.329 e. The fourth-order valence-electron chi connectivity index (χ4n) is 3.09. The monoisotopic (exact) mass is 293 g/mol. The Kier molecular flexibility index (Phi) is 3.32. The summed E-state index contributed by atoms with van der Waals surface area (Å²) in [5.41, 5.74) is -0.00709. The van der Waals surface area contributed by atoms with E-state index >= 15 is 0 Å². The summed E-state index contributed by atoms with van der Waals surface area (Å²) in [7, 11) is 0. The molecule has 1 aromatic heterocycles. The van der Waals surface area contributed by atoms with E-state index in [1.165, 1.54) is 4.88 Å². The highest BCUT2D eigenvalue weighted by molar-refractivity contribution is 7.10. The van der Waals surface area contributed by atoms with Crippen LogP contribution >= 0.6 is 11.3 Å². The minimum atomic E-state index is -1.11. The van der Waals surface area contributed by atoms with Gasteiger partial charge in [0.15, 0.2) is 0 Å². The van der Waals surface area contributed by atoms with E-state index in [1.807, 2.05) is 11.4 Å². The number of carbonyl (C=O) groups is 2. The molecule has 0 bridgehead atoms. The first-order valence-electron chi connectivity index (χ1n) is 7.14. The number of carboxylic acids is 1. The Hall–Kier alpha value is -1.36. The van der Waals surface area contributed by atoms with Crippen LogP contribution in [-0.2, 0) is 16.0 Å². The molecule has 0 aromatic carbocycles. The number of carboxylic acid groups (broad SMARTS) is 1. The molecule has 0 aliphatic heterocycles. The highest BCUT2D eigenvalue weighted by Crippen LogP contribution is 2.41. The van der Waals surface area contributed by atoms with Crippen molar-refractivity contribution in [2.75, 3.05) is 0 Å². The molecule has 4 nitrogen and oxygen atoms in total. The standard InChI is InChI=1S/C15H19NO3S/c1-15(14(18)19,9-5-6-9)16-13(17)11-3-2-4-12-10(11)7-8-20-12/h7-9,11H,2-6H2,1H3,(H,16,17)(H,18,19). The highest BCUT2D eigenvalue weighted by Gasteiger charge is 2.49. The van der Waals surface area contributed by atoms with Gasteiger partial charge in [-0.15, -0.1) is 11.3 Å². The van der Waals surface area contributed by atoms with Crippen LogP contribution in [0.4, 0.5) is 0 Å². The van der Waals surface area contributed by atoms with Gasteiger partial charge in [-0.1, -0.05) is 0 Å². The maximum absolute atomic E-state index is 12.5. The Bertz CT molecular complexity index is 549. The van der Waals surface area contributed by atoms with Gasteiger partial charge in [0, 0.05) is 4.88 Å². The van der Waals surface area contributed by atoms with Crippen LogP contribution in [0.25, 0.3) is 0 Å². The molecule has 2 atom stereocenters. The van der Waals surface area contributed by atoms with Crippen molar-refractivity contribution in [3.8, 4) is 0 Å². The second-order valence-corrected chi connectivity index (χ2v) is 7.02. The first-order valence-corrected chi connectivity index (χ1v) is 8.02. The number of hydrogen-bond acceptors (Lipinski definition) is 3. The number of thiophene rings is 1. The number of fused-ring (bicyclic) bond motifs is 1. The maximum atomic E-state index is 12.5. The quantitative estimate of drug-likeness (QED) is 0.896. The number of aliphatic carboxylic acids is 1. The van der Waals surface area contributed by atoms with Crippen LogP contribution in [0.2, 0.25) is 0 Å². The average molecular weight is 293 g/mol. The Labute approximate surface area is 122 Å². The molecule has 20 heavy (non-hydrogen) atoms. The van der Waals surface area contributed by atoms with Gasteiger partial charge in [-0.25, -0.2) is 4.79 Å². The molecule has 1 saturated carbocycles. The fraction of sp³-hybridized carbons (Fsp3) is 0.600. The SMILES string of the molecule is CC(NC(=O)C1CCCc2sccc21)(C(=O)O)C1CC1. The number of aryl methyl sites for hydroxylation is 1. The Morgan fingerprint density at radius 3 is 2.80 bits per heavy atom. The van der Waals surface area contributed by atoms with E-state index in [0.717, 1.165) is 37.7 Å². The molecule has 2 N–H and O–H groups in total. The van der Waals surface area contributed by atoms with Crippen LogP contribution in [-0.4, -0.2) is 22.5 Å². The zero-order chi connectivity index (χ0) is 14.3. The predicted octanol–water partition coefficient (Wildman–Crippen LogP) is 2.54. The summed E-state index contributed by atoms with van der Waals surface area (Å²) in [6.45, 7) is 1.64. The number of rotatable bonds is 4. The third-order valence-corrected chi connectivity index (χ3v) is 5.59. The summed E-state index contributed by atoms with van der Waals surface area (Å²) in [4.78, 5) is 25.3. The zero-order valence-electron chi connectivity index (χ0n) is 11.5. The second kappa shape index (κ2) is 4.88. The molecule has 5 heteroatoms. The summed E-state index contributed by atoms with van der Waals surface area (Å²) in [5, 5.41) is 14.3. The van der Waals surface area contributed by atoms with E-state index in [9.17, 15) is 14.7 Å². The molecule has 1 fully saturated rings. The van der Waals surface area contributed by atoms with Gasteiger partial charge in [0.1, 0.15) is 5.54 Å². The first-order chi connectivity index (χ1) is 9.52. The molecule has 0 spiro atoms. The topological polar surface area (TPSA) is 66.4 Å². The van der Waals surface area contributed by atoms with Crippen LogP contribution in [0.1, 0.15) is 49.0 Å². The van der Waals surface area contributed by atoms with Gasteiger partial charge >= 0.3 is 5.97 Å². The summed E-state index contributed by atoms with van der Waals surface area (Å²) >= 11 is 1.69. The van der Waals surface area contributed by atoms with E-state index < -0.39 is 11.5 Å². The second-order valence-electron chi connectivity index (χ2n) is 6.01. The van der Waals surface area contributed by atoms with Crippen LogP contribution in [0.5, 0.6) is 0 Å². The van der Waals surface area contributed by atoms with Gasteiger partial charge in [-0.3, -0.25) is 4.79 Å². The van der Waals surface area contributed by atoms with E-state index in [4.69, 9.17) is 0 Å². The lowest BCUT2D eigenvalue weighted by Crippen LogP contribution is -2.55. The fourth-order valence-corrected chi connectivity index (χ4v) is 4.08. The van der Waals surface area contributed by atoms with Crippen molar-refractivity contribution in [1.82, 2.24) is 5.32 Å². The zero-order valence-corrected chi connectivity index (χ0v) is 12.3. The summed E-state index contributed by atoms with van der Waals surface area (Å²) in [5.74, 6) is -1.15. The van der Waals surface area contributed by atoms with Crippen molar-refractivity contribution in [2.24, 2.45) is 5.92 Å². The van der Waals surface area contributed by atoms with Gasteiger partial charge in [-0.2, -0.15) is 0 Å². The van der Waals surface area contributed by atoms with Gasteiger partial charge in [0.25, 0.3) is 0 Å². The third kappa shape index (κ3) is 2.24. The van der Waals surface area contributed by atoms with E-state index in [1.54, 1.807) is 18.3 Å². The third-order valence-electron chi connectivity index (χ3n) is 4.59. The molecule has 0 radical (unpaired) electrons. The van der Waals surface area contributed by atoms with Crippen LogP contribution < -0.4 is 5.32 Å². The number of amides is 1. The van der Waals surface area contributed by atoms with Crippen molar-refractivity contribution < 1.29 is 14.7 Å². The lowest BCUT2D eigenvalue weighted by molar-refractivity contribution is -0.148. The van der Waals surface area contributed by atoms with Gasteiger partial charge in [0.05, 0.1) is 5.92 Å². The molecular weight excluding hydrogens is 274 g/mol. The number of hydrogen-bond donors (Lipinski definition) is 2. The predicted molar refractivity (Wildman–Crippen MR) is 76.9 cm³/mol. The van der Waals surface area contributed by atoms with Crippen molar-refractivity contribution in [1.29, 1.82) is 0 Å². The van der Waals surface area contributed by atoms with Crippen LogP contribution in [0, 0.1) is 5.92 Å². The molecule has 108 valence electrons. The molecule has 2 aliphatic rings. The van der Waals surface area contributed by atoms with Gasteiger partial charge < -0.3 is 10.4 Å². The molecule has 1 aromatic rings. The molecule has 1 amide bonds. The Morgan fingerprint density at radius 2 is 2.15 bits per heavy atom. The molecule has 1 heterocycles. The Morgan fingerprint density at radius 1 is 1.40 bits per heavy atom. The Balaban J connectivity index is 1.79. The summed E-state index contributed by atoms with van der Waals surface area (Å²) in [6, 6.07) is 2.01. The van der Waals surface area contributed by atoms with Crippen LogP contribution in [0.15, 0.2) is 11.4 Å². The number of nitrogens with one attached hydrogen (secondary N) is 1. The van der Waals surface area contributed by atoms with E-state index in [0.29, 0.717) is 0 Å². The van der Waals surface area contributed by atoms with Crippen molar-refractivity contribution in [2.45, 2.75) is 50.5 Å². The van der Waals surface area contributed by atoms with E-state index in [-0.39, 0.29) is 17.7 Å². The normalized spacial score (nSPS) is 24.6. The lowest BCUT2D eigenvalue weighted by atomic mass is 9.85. The van der Waals surface area contributed by atoms with Crippen molar-refractivity contribution in [3.63, 3.8) is 0 Å². The summed E-state index contributed by atoms with van der Waals surface area (Å²) < 4.78 is 0.